The van der Waals surface area contributed by atoms with Gasteiger partial charge >= 0.3 is 0 Å². The molecule has 24 heavy (non-hydrogen) atoms. The molecule has 4 nitrogen and oxygen atoms in total. The molecule has 2 unspecified atom stereocenters. The molecule has 0 saturated heterocycles. The fourth-order valence-corrected chi connectivity index (χ4v) is 6.28. The van der Waals surface area contributed by atoms with Gasteiger partial charge in [-0.3, -0.25) is 0 Å². The van der Waals surface area contributed by atoms with Crippen molar-refractivity contribution in [3.63, 3.8) is 0 Å². The maximum atomic E-state index is 11.6. The third-order valence-electron chi connectivity index (χ3n) is 6.87. The molecule has 3 N–H and O–H groups in total. The molecule has 144 valence electrons. The fourth-order valence-electron chi connectivity index (χ4n) is 2.43. The number of rotatable bonds is 7. The third kappa shape index (κ3) is 5.00. The highest BCUT2D eigenvalue weighted by Gasteiger charge is 2.48. The van der Waals surface area contributed by atoms with E-state index in [1.165, 1.54) is 0 Å². The third-order valence-corrected chi connectivity index (χ3v) is 18.3. The Balaban J connectivity index is 5.33. The lowest BCUT2D eigenvalue weighted by Crippen LogP contribution is -2.58. The first-order valence-electron chi connectivity index (χ1n) is 8.90. The Hall–Kier alpha value is -0.0162. The number of aldehydes is 1. The number of carbonyl (C=O) groups is 1. The van der Waals surface area contributed by atoms with Crippen molar-refractivity contribution in [3.05, 3.63) is 0 Å². The highest BCUT2D eigenvalue weighted by atomic mass is 28.3. The number of hydrogen-bond donors (Lipinski definition) is 3. The summed E-state index contributed by atoms with van der Waals surface area (Å²) in [6, 6.07) is 0. The maximum Gasteiger partial charge on any atom is 0.125 e. The molecule has 0 aliphatic heterocycles. The minimum Gasteiger partial charge on any atom is -0.396 e. The van der Waals surface area contributed by atoms with Crippen LogP contribution in [0.3, 0.4) is 0 Å². The second-order valence-electron chi connectivity index (χ2n) is 10.4. The van der Waals surface area contributed by atoms with Gasteiger partial charge in [0.15, 0.2) is 0 Å². The zero-order valence-electron chi connectivity index (χ0n) is 17.3. The van der Waals surface area contributed by atoms with Crippen LogP contribution in [0.4, 0.5) is 0 Å². The van der Waals surface area contributed by atoms with E-state index in [4.69, 9.17) is 0 Å². The van der Waals surface area contributed by atoms with E-state index in [9.17, 15) is 20.1 Å². The van der Waals surface area contributed by atoms with E-state index in [0.717, 1.165) is 0 Å². The molecule has 0 aromatic carbocycles. The number of aliphatic hydroxyl groups excluding tert-OH is 3. The first-order valence-corrected chi connectivity index (χ1v) is 15.1. The molecule has 0 amide bonds. The molecule has 0 spiro atoms. The highest BCUT2D eigenvalue weighted by Crippen LogP contribution is 2.42. The van der Waals surface area contributed by atoms with E-state index in [2.05, 4.69) is 54.6 Å². The van der Waals surface area contributed by atoms with Gasteiger partial charge in [0.1, 0.15) is 6.29 Å². The molecule has 4 atom stereocenters. The Labute approximate surface area is 150 Å². The quantitative estimate of drug-likeness (QED) is 0.470. The predicted octanol–water partition coefficient (Wildman–Crippen LogP) is 3.37. The highest BCUT2D eigenvalue weighted by molar-refractivity contribution is 6.81. The van der Waals surface area contributed by atoms with E-state index in [-0.39, 0.29) is 16.5 Å². The maximum absolute atomic E-state index is 11.6. The van der Waals surface area contributed by atoms with Crippen molar-refractivity contribution in [1.82, 2.24) is 0 Å². The molecule has 0 fully saturated rings. The van der Waals surface area contributed by atoms with Crippen LogP contribution in [0.2, 0.25) is 36.3 Å². The Morgan fingerprint density at radius 3 is 1.50 bits per heavy atom. The van der Waals surface area contributed by atoms with Crippen molar-refractivity contribution in [2.45, 2.75) is 102 Å². The topological polar surface area (TPSA) is 77.8 Å². The molecule has 0 aromatic heterocycles. The minimum atomic E-state index is -2.21. The number of hydrogen-bond acceptors (Lipinski definition) is 4. The van der Waals surface area contributed by atoms with Gasteiger partial charge in [0, 0.05) is 11.6 Å². The normalized spacial score (nSPS) is 19.5. The average molecular weight is 377 g/mol. The standard InChI is InChI=1S/C18H40O4Si2/c1-17(2,3)23(7,8)14(20)11-13(12-19)15(21)16(22)24(9,10)18(4,5)6/h12-16,20-22H,11H2,1-10H3/t13-,14?,15+,16?/m1/s1. The van der Waals surface area contributed by atoms with Gasteiger partial charge in [-0.25, -0.2) is 0 Å². The largest absolute Gasteiger partial charge is 0.396 e. The molecular weight excluding hydrogens is 336 g/mol. The van der Waals surface area contributed by atoms with Crippen LogP contribution in [0.1, 0.15) is 48.0 Å². The summed E-state index contributed by atoms with van der Waals surface area (Å²) in [6.07, 6.45) is -0.202. The van der Waals surface area contributed by atoms with Crippen molar-refractivity contribution < 1.29 is 20.1 Å². The molecule has 0 rings (SSSR count). The first-order chi connectivity index (χ1) is 10.4. The van der Waals surface area contributed by atoms with Gasteiger partial charge < -0.3 is 20.1 Å². The summed E-state index contributed by atoms with van der Waals surface area (Å²) in [5.74, 6) is -0.738. The molecule has 0 bridgehead atoms. The predicted molar refractivity (Wildman–Crippen MR) is 107 cm³/mol. The molecule has 0 radical (unpaired) electrons. The van der Waals surface area contributed by atoms with Gasteiger partial charge in [0.2, 0.25) is 0 Å². The van der Waals surface area contributed by atoms with Crippen LogP contribution in [-0.4, -0.2) is 55.3 Å². The van der Waals surface area contributed by atoms with E-state index in [1.54, 1.807) is 0 Å². The van der Waals surface area contributed by atoms with Crippen molar-refractivity contribution >= 4 is 22.4 Å². The van der Waals surface area contributed by atoms with E-state index < -0.39 is 39.6 Å². The summed E-state index contributed by atoms with van der Waals surface area (Å²) < 4.78 is 0. The summed E-state index contributed by atoms with van der Waals surface area (Å²) in [5, 5.41) is 32.0. The van der Waals surface area contributed by atoms with Gasteiger partial charge in [0.05, 0.1) is 28.0 Å². The van der Waals surface area contributed by atoms with Crippen LogP contribution in [0.5, 0.6) is 0 Å². The van der Waals surface area contributed by atoms with Gasteiger partial charge in [-0.15, -0.1) is 0 Å². The van der Waals surface area contributed by atoms with Gasteiger partial charge in [-0.2, -0.15) is 0 Å². The van der Waals surface area contributed by atoms with E-state index >= 15 is 0 Å². The molecular formula is C18H40O4Si2. The monoisotopic (exact) mass is 376 g/mol. The minimum absolute atomic E-state index is 0.0111. The average Bonchev–Trinajstić information content (AvgIpc) is 2.40. The van der Waals surface area contributed by atoms with Gasteiger partial charge in [-0.1, -0.05) is 67.7 Å². The van der Waals surface area contributed by atoms with Gasteiger partial charge in [0.25, 0.3) is 0 Å². The second kappa shape index (κ2) is 7.70. The number of aliphatic hydroxyl groups is 3. The smallest absolute Gasteiger partial charge is 0.125 e. The molecule has 6 heteroatoms. The summed E-state index contributed by atoms with van der Waals surface area (Å²) in [5.41, 5.74) is -1.51. The van der Waals surface area contributed by atoms with Crippen LogP contribution >= 0.6 is 0 Å². The van der Waals surface area contributed by atoms with Crippen LogP contribution in [0.25, 0.3) is 0 Å². The van der Waals surface area contributed by atoms with Crippen molar-refractivity contribution in [2.24, 2.45) is 5.92 Å². The van der Waals surface area contributed by atoms with Crippen LogP contribution < -0.4 is 0 Å². The van der Waals surface area contributed by atoms with E-state index in [0.29, 0.717) is 6.29 Å². The van der Waals surface area contributed by atoms with Crippen molar-refractivity contribution in [1.29, 1.82) is 0 Å². The lowest BCUT2D eigenvalue weighted by Gasteiger charge is -2.45. The molecule has 0 heterocycles. The summed E-state index contributed by atoms with van der Waals surface area (Å²) in [7, 11) is -4.24. The van der Waals surface area contributed by atoms with Crippen LogP contribution in [0, 0.1) is 5.92 Å². The Kier molecular flexibility index (Phi) is 7.69. The molecule has 0 aliphatic rings. The molecule has 0 aliphatic carbocycles. The Bertz CT molecular complexity index is 422. The second-order valence-corrected chi connectivity index (χ2v) is 21.6. The molecule has 0 aromatic rings. The summed E-state index contributed by atoms with van der Waals surface area (Å²) in [4.78, 5) is 11.6. The van der Waals surface area contributed by atoms with Crippen molar-refractivity contribution in [2.75, 3.05) is 0 Å². The Morgan fingerprint density at radius 2 is 1.21 bits per heavy atom. The van der Waals surface area contributed by atoms with E-state index in [1.807, 2.05) is 13.1 Å². The molecule has 0 saturated carbocycles. The summed E-state index contributed by atoms with van der Waals surface area (Å²) >= 11 is 0. The summed E-state index contributed by atoms with van der Waals surface area (Å²) in [6.45, 7) is 20.8. The number of carbonyl (C=O) groups excluding carboxylic acids is 1. The lowest BCUT2D eigenvalue weighted by molar-refractivity contribution is -0.117. The Morgan fingerprint density at radius 1 is 0.833 bits per heavy atom. The van der Waals surface area contributed by atoms with Crippen LogP contribution in [0.15, 0.2) is 0 Å². The SMILES string of the molecule is CC(C)(C)[Si](C)(C)C(O)C[C@H](C=O)[C@H](O)C(O)[Si](C)(C)C(C)(C)C. The van der Waals surface area contributed by atoms with Crippen molar-refractivity contribution in [3.8, 4) is 0 Å². The van der Waals surface area contributed by atoms with Crippen LogP contribution in [-0.2, 0) is 4.79 Å². The fraction of sp³-hybridized carbons (Fsp3) is 0.944. The first kappa shape index (κ1) is 24.0. The zero-order chi connectivity index (χ0) is 19.7. The van der Waals surface area contributed by atoms with Gasteiger partial charge in [-0.05, 0) is 16.5 Å². The zero-order valence-corrected chi connectivity index (χ0v) is 19.3. The lowest BCUT2D eigenvalue weighted by atomic mass is 10.0.